The predicted molar refractivity (Wildman–Crippen MR) is 61.9 cm³/mol. The number of hydrogen-bond donors (Lipinski definition) is 0. The van der Waals surface area contributed by atoms with Crippen molar-refractivity contribution >= 4 is 12.3 Å². The average Bonchev–Trinajstić information content (AvgIpc) is 2.16. The second-order valence-corrected chi connectivity index (χ2v) is 4.88. The largest absolute Gasteiger partial charge is 0.460 e. The van der Waals surface area contributed by atoms with E-state index in [2.05, 4.69) is 0 Å². The topological polar surface area (TPSA) is 43.4 Å². The van der Waals surface area contributed by atoms with Crippen molar-refractivity contribution in [2.24, 2.45) is 5.92 Å². The predicted octanol–water partition coefficient (Wildman–Crippen LogP) is 2.42. The first-order valence-corrected chi connectivity index (χ1v) is 5.46. The molecule has 16 heavy (non-hydrogen) atoms. The fourth-order valence-corrected chi connectivity index (χ4v) is 1.46. The molecule has 88 valence electrons. The molecule has 0 aromatic carbocycles. The van der Waals surface area contributed by atoms with E-state index in [1.54, 1.807) is 0 Å². The molecule has 3 nitrogen and oxygen atoms in total. The van der Waals surface area contributed by atoms with Crippen molar-refractivity contribution < 1.29 is 14.3 Å². The number of allylic oxidation sites excluding steroid dienone is 3. The molecule has 0 spiro atoms. The van der Waals surface area contributed by atoms with Crippen molar-refractivity contribution in [1.29, 1.82) is 0 Å². The van der Waals surface area contributed by atoms with Gasteiger partial charge in [0, 0.05) is 6.42 Å². The molecule has 0 fully saturated rings. The third kappa shape index (κ3) is 4.01. The molecule has 0 aliphatic heterocycles. The minimum atomic E-state index is -0.447. The Kier molecular flexibility index (Phi) is 4.05. The molecular formula is C13H18O3. The lowest BCUT2D eigenvalue weighted by Crippen LogP contribution is -2.28. The number of rotatable bonds is 3. The van der Waals surface area contributed by atoms with Crippen LogP contribution < -0.4 is 0 Å². The zero-order valence-electron chi connectivity index (χ0n) is 10.0. The Labute approximate surface area is 96.2 Å². The van der Waals surface area contributed by atoms with Gasteiger partial charge in [-0.15, -0.1) is 0 Å². The van der Waals surface area contributed by atoms with Gasteiger partial charge in [-0.2, -0.15) is 0 Å². The third-order valence-electron chi connectivity index (χ3n) is 2.21. The molecule has 0 saturated carbocycles. The Morgan fingerprint density at radius 1 is 1.56 bits per heavy atom. The number of carbonyl (C=O) groups excluding carboxylic acids is 2. The molecule has 3 heteroatoms. The van der Waals surface area contributed by atoms with E-state index in [-0.39, 0.29) is 11.9 Å². The Hall–Kier alpha value is -1.38. The third-order valence-corrected chi connectivity index (χ3v) is 2.21. The summed E-state index contributed by atoms with van der Waals surface area (Å²) in [5.41, 5.74) is 0.521. The van der Waals surface area contributed by atoms with E-state index in [0.29, 0.717) is 12.8 Å². The van der Waals surface area contributed by atoms with Gasteiger partial charge in [-0.1, -0.05) is 18.2 Å². The van der Waals surface area contributed by atoms with Crippen molar-refractivity contribution in [3.8, 4) is 0 Å². The molecule has 1 aliphatic rings. The first-order valence-electron chi connectivity index (χ1n) is 5.46. The van der Waals surface area contributed by atoms with Gasteiger partial charge in [0.2, 0.25) is 0 Å². The molecule has 0 radical (unpaired) electrons. The molecule has 0 N–H and O–H groups in total. The molecule has 0 amide bonds. The van der Waals surface area contributed by atoms with Gasteiger partial charge in [-0.25, -0.2) is 0 Å². The van der Waals surface area contributed by atoms with Crippen molar-refractivity contribution in [2.45, 2.75) is 39.2 Å². The molecule has 0 saturated heterocycles. The van der Waals surface area contributed by atoms with Crippen molar-refractivity contribution in [2.75, 3.05) is 0 Å². The molecule has 1 aliphatic carbocycles. The minimum Gasteiger partial charge on any atom is -0.460 e. The van der Waals surface area contributed by atoms with Gasteiger partial charge in [0.15, 0.2) is 0 Å². The first kappa shape index (κ1) is 12.7. The lowest BCUT2D eigenvalue weighted by molar-refractivity contribution is -0.158. The summed E-state index contributed by atoms with van der Waals surface area (Å²) in [7, 11) is 0. The molecular weight excluding hydrogens is 204 g/mol. The molecule has 0 heterocycles. The van der Waals surface area contributed by atoms with Crippen LogP contribution in [0.15, 0.2) is 23.8 Å². The maximum Gasteiger partial charge on any atom is 0.313 e. The molecule has 0 bridgehead atoms. The summed E-state index contributed by atoms with van der Waals surface area (Å²) < 4.78 is 5.28. The van der Waals surface area contributed by atoms with E-state index in [0.717, 1.165) is 11.9 Å². The number of hydrogen-bond acceptors (Lipinski definition) is 3. The van der Waals surface area contributed by atoms with Crippen LogP contribution in [0.3, 0.4) is 0 Å². The summed E-state index contributed by atoms with van der Waals surface area (Å²) in [5, 5.41) is 0. The lowest BCUT2D eigenvalue weighted by Gasteiger charge is -2.23. The van der Waals surface area contributed by atoms with Crippen LogP contribution in [0.2, 0.25) is 0 Å². The van der Waals surface area contributed by atoms with Crippen LogP contribution in [0.4, 0.5) is 0 Å². The Morgan fingerprint density at radius 3 is 2.69 bits per heavy atom. The zero-order chi connectivity index (χ0) is 12.2. The van der Waals surface area contributed by atoms with E-state index in [4.69, 9.17) is 4.74 Å². The first-order chi connectivity index (χ1) is 7.42. The smallest absolute Gasteiger partial charge is 0.313 e. The standard InChI is InChI=1S/C13H18O3/c1-13(2,3)16-12(15)11-6-4-10(5-7-11)8-9-14/h4-6,9,11H,7-8H2,1-3H3. The highest BCUT2D eigenvalue weighted by Gasteiger charge is 2.23. The van der Waals surface area contributed by atoms with Gasteiger partial charge in [0.05, 0.1) is 5.92 Å². The van der Waals surface area contributed by atoms with Crippen LogP contribution >= 0.6 is 0 Å². The van der Waals surface area contributed by atoms with Crippen molar-refractivity contribution in [3.05, 3.63) is 23.8 Å². The highest BCUT2D eigenvalue weighted by molar-refractivity contribution is 5.76. The van der Waals surface area contributed by atoms with E-state index in [9.17, 15) is 9.59 Å². The highest BCUT2D eigenvalue weighted by Crippen LogP contribution is 2.21. The van der Waals surface area contributed by atoms with E-state index in [1.165, 1.54) is 0 Å². The molecule has 1 unspecified atom stereocenters. The Bertz CT molecular complexity index is 332. The van der Waals surface area contributed by atoms with Crippen LogP contribution in [0.1, 0.15) is 33.6 Å². The normalized spacial score (nSPS) is 20.2. The van der Waals surface area contributed by atoms with Gasteiger partial charge in [-0.05, 0) is 32.8 Å². The molecule has 1 atom stereocenters. The second kappa shape index (κ2) is 5.10. The van der Waals surface area contributed by atoms with E-state index in [1.807, 2.05) is 39.0 Å². The van der Waals surface area contributed by atoms with Crippen LogP contribution in [-0.4, -0.2) is 17.9 Å². The second-order valence-electron chi connectivity index (χ2n) is 4.88. The minimum absolute atomic E-state index is 0.204. The quantitative estimate of drug-likeness (QED) is 0.544. The number of esters is 1. The van der Waals surface area contributed by atoms with Crippen LogP contribution in [-0.2, 0) is 14.3 Å². The zero-order valence-corrected chi connectivity index (χ0v) is 10.0. The summed E-state index contributed by atoms with van der Waals surface area (Å²) in [4.78, 5) is 22.0. The number of carbonyl (C=O) groups is 2. The maximum absolute atomic E-state index is 11.7. The highest BCUT2D eigenvalue weighted by atomic mass is 16.6. The molecule has 1 rings (SSSR count). The van der Waals surface area contributed by atoms with Gasteiger partial charge in [-0.3, -0.25) is 4.79 Å². The fraction of sp³-hybridized carbons (Fsp3) is 0.538. The maximum atomic E-state index is 11.7. The van der Waals surface area contributed by atoms with Crippen LogP contribution in [0, 0.1) is 5.92 Å². The molecule has 0 aromatic rings. The van der Waals surface area contributed by atoms with Crippen LogP contribution in [0.5, 0.6) is 0 Å². The summed E-state index contributed by atoms with van der Waals surface area (Å²) >= 11 is 0. The number of aldehydes is 1. The Balaban J connectivity index is 2.52. The van der Waals surface area contributed by atoms with Gasteiger partial charge in [0.1, 0.15) is 11.9 Å². The number of ether oxygens (including phenoxy) is 1. The van der Waals surface area contributed by atoms with E-state index < -0.39 is 5.60 Å². The molecule has 0 aromatic heterocycles. The fourth-order valence-electron chi connectivity index (χ4n) is 1.46. The summed E-state index contributed by atoms with van der Waals surface area (Å²) in [6, 6.07) is 0. The monoisotopic (exact) mass is 222 g/mol. The SMILES string of the molecule is CC(C)(C)OC(=O)C1C=CC(CC=O)=CC1. The van der Waals surface area contributed by atoms with Gasteiger partial charge in [0.25, 0.3) is 0 Å². The lowest BCUT2D eigenvalue weighted by atomic mass is 9.95. The van der Waals surface area contributed by atoms with Crippen LogP contribution in [0.25, 0.3) is 0 Å². The van der Waals surface area contributed by atoms with Gasteiger partial charge < -0.3 is 9.53 Å². The Morgan fingerprint density at radius 2 is 2.25 bits per heavy atom. The summed E-state index contributed by atoms with van der Waals surface area (Å²) in [6.45, 7) is 5.56. The van der Waals surface area contributed by atoms with Gasteiger partial charge >= 0.3 is 5.97 Å². The summed E-state index contributed by atoms with van der Waals surface area (Å²) in [5.74, 6) is -0.417. The van der Waals surface area contributed by atoms with E-state index >= 15 is 0 Å². The average molecular weight is 222 g/mol. The summed E-state index contributed by atoms with van der Waals surface area (Å²) in [6.07, 6.45) is 7.46. The van der Waals surface area contributed by atoms with Crippen molar-refractivity contribution in [1.82, 2.24) is 0 Å². The van der Waals surface area contributed by atoms with Crippen molar-refractivity contribution in [3.63, 3.8) is 0 Å².